The third-order valence-electron chi connectivity index (χ3n) is 4.48. The van der Waals surface area contributed by atoms with Crippen molar-refractivity contribution in [2.75, 3.05) is 11.9 Å². The molecule has 106 valence electrons. The fourth-order valence-corrected chi connectivity index (χ4v) is 3.74. The van der Waals surface area contributed by atoms with Crippen molar-refractivity contribution in [3.63, 3.8) is 0 Å². The molecule has 3 heteroatoms. The van der Waals surface area contributed by atoms with E-state index >= 15 is 0 Å². The van der Waals surface area contributed by atoms with Gasteiger partial charge in [0.15, 0.2) is 0 Å². The summed E-state index contributed by atoms with van der Waals surface area (Å²) in [4.78, 5) is 0. The summed E-state index contributed by atoms with van der Waals surface area (Å²) in [6, 6.07) is 7.96. The highest BCUT2D eigenvalue weighted by molar-refractivity contribution is 6.30. The van der Waals surface area contributed by atoms with E-state index in [0.717, 1.165) is 17.1 Å². The first kappa shape index (κ1) is 14.7. The van der Waals surface area contributed by atoms with Gasteiger partial charge in [-0.05, 0) is 42.9 Å². The van der Waals surface area contributed by atoms with Crippen molar-refractivity contribution in [1.29, 1.82) is 0 Å². The molecule has 19 heavy (non-hydrogen) atoms. The second-order valence-corrected chi connectivity index (χ2v) is 6.53. The summed E-state index contributed by atoms with van der Waals surface area (Å²) < 4.78 is 0. The van der Waals surface area contributed by atoms with Crippen LogP contribution in [0.5, 0.6) is 0 Å². The maximum Gasteiger partial charge on any atom is 0.0526 e. The van der Waals surface area contributed by atoms with Gasteiger partial charge in [-0.15, -0.1) is 0 Å². The van der Waals surface area contributed by atoms with Crippen LogP contribution < -0.4 is 11.1 Å². The summed E-state index contributed by atoms with van der Waals surface area (Å²) in [5, 5.41) is 4.48. The van der Waals surface area contributed by atoms with Gasteiger partial charge in [0.1, 0.15) is 0 Å². The largest absolute Gasteiger partial charge is 0.378 e. The molecule has 1 aliphatic carbocycles. The fraction of sp³-hybridized carbons (Fsp3) is 0.625. The smallest absolute Gasteiger partial charge is 0.0526 e. The van der Waals surface area contributed by atoms with Crippen molar-refractivity contribution >= 4 is 17.3 Å². The number of hydrogen-bond acceptors (Lipinski definition) is 2. The molecule has 1 fully saturated rings. The third kappa shape index (κ3) is 3.24. The van der Waals surface area contributed by atoms with Gasteiger partial charge in [0, 0.05) is 17.3 Å². The van der Waals surface area contributed by atoms with Crippen LogP contribution in [0.25, 0.3) is 0 Å². The molecule has 2 atom stereocenters. The minimum absolute atomic E-state index is 0.0249. The van der Waals surface area contributed by atoms with Gasteiger partial charge in [-0.2, -0.15) is 0 Å². The lowest BCUT2D eigenvalue weighted by Gasteiger charge is -2.47. The van der Waals surface area contributed by atoms with Crippen LogP contribution in [0.2, 0.25) is 5.02 Å². The Balaban J connectivity index is 2.25. The summed E-state index contributed by atoms with van der Waals surface area (Å²) in [6.45, 7) is 5.29. The Morgan fingerprint density at radius 2 is 2.21 bits per heavy atom. The zero-order valence-corrected chi connectivity index (χ0v) is 12.7. The molecule has 1 saturated carbocycles. The van der Waals surface area contributed by atoms with E-state index in [0.29, 0.717) is 18.4 Å². The SMILES string of the molecule is CC(C)C1CCCCC1(CN)Nc1cccc(Cl)c1. The van der Waals surface area contributed by atoms with Gasteiger partial charge in [0.2, 0.25) is 0 Å². The molecule has 0 heterocycles. The van der Waals surface area contributed by atoms with Crippen molar-refractivity contribution in [2.24, 2.45) is 17.6 Å². The van der Waals surface area contributed by atoms with E-state index in [-0.39, 0.29) is 5.54 Å². The van der Waals surface area contributed by atoms with Crippen molar-refractivity contribution in [2.45, 2.75) is 45.1 Å². The molecule has 0 radical (unpaired) electrons. The van der Waals surface area contributed by atoms with E-state index in [9.17, 15) is 0 Å². The van der Waals surface area contributed by atoms with Crippen LogP contribution in [0.3, 0.4) is 0 Å². The monoisotopic (exact) mass is 280 g/mol. The zero-order chi connectivity index (χ0) is 13.9. The lowest BCUT2D eigenvalue weighted by molar-refractivity contribution is 0.166. The first-order valence-electron chi connectivity index (χ1n) is 7.31. The van der Waals surface area contributed by atoms with Crippen LogP contribution in [0.15, 0.2) is 24.3 Å². The van der Waals surface area contributed by atoms with E-state index < -0.39 is 0 Å². The molecular weight excluding hydrogens is 256 g/mol. The first-order chi connectivity index (χ1) is 9.07. The summed E-state index contributed by atoms with van der Waals surface area (Å²) in [7, 11) is 0. The van der Waals surface area contributed by atoms with Crippen LogP contribution in [-0.4, -0.2) is 12.1 Å². The number of halogens is 1. The molecule has 2 rings (SSSR count). The summed E-state index contributed by atoms with van der Waals surface area (Å²) in [6.07, 6.45) is 5.00. The predicted octanol–water partition coefficient (Wildman–Crippen LogP) is 4.30. The Morgan fingerprint density at radius 3 is 2.84 bits per heavy atom. The Bertz CT molecular complexity index is 419. The Morgan fingerprint density at radius 1 is 1.42 bits per heavy atom. The molecule has 1 aliphatic rings. The number of hydrogen-bond donors (Lipinski definition) is 2. The number of rotatable bonds is 4. The first-order valence-corrected chi connectivity index (χ1v) is 7.69. The molecule has 0 aliphatic heterocycles. The number of anilines is 1. The lowest BCUT2D eigenvalue weighted by Crippen LogP contribution is -2.55. The van der Waals surface area contributed by atoms with E-state index in [1.165, 1.54) is 19.3 Å². The van der Waals surface area contributed by atoms with E-state index in [2.05, 4.69) is 25.2 Å². The van der Waals surface area contributed by atoms with Crippen LogP contribution in [0.1, 0.15) is 39.5 Å². The van der Waals surface area contributed by atoms with Crippen LogP contribution in [-0.2, 0) is 0 Å². The standard InChI is InChI=1S/C16H25ClN2/c1-12(2)15-8-3-4-9-16(15,11-18)19-14-7-5-6-13(17)10-14/h5-7,10,12,15,19H,3-4,8-9,11,18H2,1-2H3. The quantitative estimate of drug-likeness (QED) is 0.863. The second kappa shape index (κ2) is 6.15. The van der Waals surface area contributed by atoms with Crippen LogP contribution >= 0.6 is 11.6 Å². The summed E-state index contributed by atoms with van der Waals surface area (Å²) >= 11 is 6.08. The highest BCUT2D eigenvalue weighted by Gasteiger charge is 2.40. The number of nitrogens with two attached hydrogens (primary N) is 1. The van der Waals surface area contributed by atoms with Crippen LogP contribution in [0, 0.1) is 11.8 Å². The molecule has 1 aromatic carbocycles. The average molecular weight is 281 g/mol. The van der Waals surface area contributed by atoms with Gasteiger partial charge in [-0.3, -0.25) is 0 Å². The number of nitrogens with one attached hydrogen (secondary N) is 1. The minimum Gasteiger partial charge on any atom is -0.378 e. The van der Waals surface area contributed by atoms with E-state index in [1.807, 2.05) is 18.2 Å². The Labute approximate surface area is 121 Å². The predicted molar refractivity (Wildman–Crippen MR) is 83.7 cm³/mol. The van der Waals surface area contributed by atoms with Crippen molar-refractivity contribution in [3.05, 3.63) is 29.3 Å². The van der Waals surface area contributed by atoms with E-state index in [1.54, 1.807) is 0 Å². The fourth-order valence-electron chi connectivity index (χ4n) is 3.55. The van der Waals surface area contributed by atoms with Crippen LogP contribution in [0.4, 0.5) is 5.69 Å². The summed E-state index contributed by atoms with van der Waals surface area (Å²) in [5.41, 5.74) is 7.27. The third-order valence-corrected chi connectivity index (χ3v) is 4.72. The maximum atomic E-state index is 6.16. The zero-order valence-electron chi connectivity index (χ0n) is 12.0. The van der Waals surface area contributed by atoms with Gasteiger partial charge in [-0.25, -0.2) is 0 Å². The van der Waals surface area contributed by atoms with Gasteiger partial charge < -0.3 is 11.1 Å². The molecule has 2 unspecified atom stereocenters. The topological polar surface area (TPSA) is 38.0 Å². The molecule has 2 nitrogen and oxygen atoms in total. The van der Waals surface area contributed by atoms with Gasteiger partial charge >= 0.3 is 0 Å². The lowest BCUT2D eigenvalue weighted by atomic mass is 9.67. The molecule has 0 bridgehead atoms. The molecule has 1 aromatic rings. The van der Waals surface area contributed by atoms with Gasteiger partial charge in [-0.1, -0.05) is 44.4 Å². The van der Waals surface area contributed by atoms with Crippen molar-refractivity contribution in [1.82, 2.24) is 0 Å². The molecule has 0 amide bonds. The minimum atomic E-state index is 0.0249. The normalized spacial score (nSPS) is 27.5. The van der Waals surface area contributed by atoms with Gasteiger partial charge in [0.25, 0.3) is 0 Å². The highest BCUT2D eigenvalue weighted by atomic mass is 35.5. The Kier molecular flexibility index (Phi) is 4.75. The Hall–Kier alpha value is -0.730. The summed E-state index contributed by atoms with van der Waals surface area (Å²) in [5.74, 6) is 1.28. The molecule has 3 N–H and O–H groups in total. The van der Waals surface area contributed by atoms with E-state index in [4.69, 9.17) is 17.3 Å². The molecule has 0 aromatic heterocycles. The number of benzene rings is 1. The van der Waals surface area contributed by atoms with Gasteiger partial charge in [0.05, 0.1) is 5.54 Å². The second-order valence-electron chi connectivity index (χ2n) is 6.09. The maximum absolute atomic E-state index is 6.16. The molecular formula is C16H25ClN2. The van der Waals surface area contributed by atoms with Crippen molar-refractivity contribution in [3.8, 4) is 0 Å². The highest BCUT2D eigenvalue weighted by Crippen LogP contribution is 2.40. The van der Waals surface area contributed by atoms with Crippen molar-refractivity contribution < 1.29 is 0 Å². The average Bonchev–Trinajstić information content (AvgIpc) is 2.39. The molecule has 0 spiro atoms. The molecule has 0 saturated heterocycles.